The highest BCUT2D eigenvalue weighted by atomic mass is 35.5. The number of imidazole rings is 1. The molecule has 1 fully saturated rings. The van der Waals surface area contributed by atoms with Crippen molar-refractivity contribution in [3.63, 3.8) is 0 Å². The van der Waals surface area contributed by atoms with Crippen LogP contribution in [-0.4, -0.2) is 25.1 Å². The van der Waals surface area contributed by atoms with Crippen LogP contribution in [0.1, 0.15) is 64.7 Å². The van der Waals surface area contributed by atoms with Crippen molar-refractivity contribution in [2.24, 2.45) is 0 Å². The van der Waals surface area contributed by atoms with E-state index in [-0.39, 0.29) is 12.4 Å². The van der Waals surface area contributed by atoms with Crippen LogP contribution in [0.3, 0.4) is 0 Å². The Bertz CT molecular complexity index is 365. The Kier molecular flexibility index (Phi) is 10.8. The summed E-state index contributed by atoms with van der Waals surface area (Å²) in [7, 11) is 0. The van der Waals surface area contributed by atoms with Crippen LogP contribution in [0.2, 0.25) is 0 Å². The molecule has 0 amide bonds. The zero-order chi connectivity index (χ0) is 14.8. The van der Waals surface area contributed by atoms with Crippen molar-refractivity contribution in [2.75, 3.05) is 11.5 Å². The molecule has 1 aromatic rings. The third-order valence-electron chi connectivity index (χ3n) is 4.21. The van der Waals surface area contributed by atoms with E-state index in [4.69, 9.17) is 0 Å². The molecule has 0 radical (unpaired) electrons. The van der Waals surface area contributed by atoms with E-state index in [2.05, 4.69) is 46.2 Å². The van der Waals surface area contributed by atoms with Gasteiger partial charge in [-0.25, -0.2) is 4.98 Å². The molecule has 128 valence electrons. The number of hydrogen-bond donors (Lipinski definition) is 0. The summed E-state index contributed by atoms with van der Waals surface area (Å²) in [6.45, 7) is 3.41. The Morgan fingerprint density at radius 2 is 1.64 bits per heavy atom. The fraction of sp³-hybridized carbons (Fsp3) is 0.824. The summed E-state index contributed by atoms with van der Waals surface area (Å²) in [5.41, 5.74) is 0. The van der Waals surface area contributed by atoms with E-state index in [1.54, 1.807) is 0 Å². The van der Waals surface area contributed by atoms with Gasteiger partial charge in [0.1, 0.15) is 0 Å². The first kappa shape index (κ1) is 20.2. The lowest BCUT2D eigenvalue weighted by Gasteiger charge is -2.27. The number of unbranched alkanes of at least 4 members (excludes halogenated alkanes) is 7. The lowest BCUT2D eigenvalue weighted by molar-refractivity contribution is 0.527. The van der Waals surface area contributed by atoms with Crippen LogP contribution in [-0.2, 0) is 6.54 Å². The summed E-state index contributed by atoms with van der Waals surface area (Å²) in [6.07, 6.45) is 18.7. The van der Waals surface area contributed by atoms with Gasteiger partial charge < -0.3 is 4.57 Å². The van der Waals surface area contributed by atoms with Gasteiger partial charge in [0.25, 0.3) is 0 Å². The minimum atomic E-state index is 0. The van der Waals surface area contributed by atoms with Crippen LogP contribution in [0, 0.1) is 0 Å². The third kappa shape index (κ3) is 7.18. The molecule has 0 saturated carbocycles. The Balaban J connectivity index is 0.00000242. The minimum absolute atomic E-state index is 0. The van der Waals surface area contributed by atoms with Crippen LogP contribution < -0.4 is 0 Å². The predicted octanol–water partition coefficient (Wildman–Crippen LogP) is 6.01. The highest BCUT2D eigenvalue weighted by Crippen LogP contribution is 2.48. The molecule has 2 nitrogen and oxygen atoms in total. The van der Waals surface area contributed by atoms with E-state index >= 15 is 0 Å². The number of thioether (sulfide) groups is 2. The van der Waals surface area contributed by atoms with Crippen LogP contribution >= 0.6 is 35.9 Å². The van der Waals surface area contributed by atoms with Gasteiger partial charge in [0.15, 0.2) is 0 Å². The molecule has 0 spiro atoms. The molecule has 0 unspecified atom stereocenters. The van der Waals surface area contributed by atoms with Crippen molar-refractivity contribution in [2.45, 2.75) is 75.3 Å². The van der Waals surface area contributed by atoms with Crippen LogP contribution in [0.4, 0.5) is 0 Å². The van der Waals surface area contributed by atoms with Crippen LogP contribution in [0.15, 0.2) is 18.7 Å². The topological polar surface area (TPSA) is 17.8 Å². The van der Waals surface area contributed by atoms with E-state index in [0.717, 1.165) is 6.54 Å². The molecular formula is C17H31ClN2S2. The Hall–Kier alpha value is 0.200. The largest absolute Gasteiger partial charge is 0.335 e. The van der Waals surface area contributed by atoms with Gasteiger partial charge in [0.2, 0.25) is 0 Å². The molecule has 22 heavy (non-hydrogen) atoms. The number of halogens is 1. The Morgan fingerprint density at radius 3 is 2.23 bits per heavy atom. The van der Waals surface area contributed by atoms with Crippen molar-refractivity contribution in [1.29, 1.82) is 0 Å². The molecule has 2 rings (SSSR count). The average molecular weight is 363 g/mol. The smallest absolute Gasteiger partial charge is 0.0946 e. The maximum Gasteiger partial charge on any atom is 0.0946 e. The summed E-state index contributed by atoms with van der Waals surface area (Å²) < 4.78 is 2.68. The molecule has 2 heterocycles. The molecule has 0 N–H and O–H groups in total. The predicted molar refractivity (Wildman–Crippen MR) is 104 cm³/mol. The zero-order valence-electron chi connectivity index (χ0n) is 13.8. The Morgan fingerprint density at radius 1 is 1.00 bits per heavy atom. The molecule has 5 heteroatoms. The highest BCUT2D eigenvalue weighted by molar-refractivity contribution is 8.21. The highest BCUT2D eigenvalue weighted by Gasteiger charge is 2.35. The third-order valence-corrected chi connectivity index (χ3v) is 7.71. The van der Waals surface area contributed by atoms with Crippen LogP contribution in [0.25, 0.3) is 0 Å². The molecule has 0 bridgehead atoms. The van der Waals surface area contributed by atoms with Crippen LogP contribution in [0.5, 0.6) is 0 Å². The SMILES string of the molecule is CCCCCCCCCCC1(Cn2ccnc2)SCCS1.Cl. The zero-order valence-corrected chi connectivity index (χ0v) is 16.3. The first-order chi connectivity index (χ1) is 10.3. The minimum Gasteiger partial charge on any atom is -0.335 e. The summed E-state index contributed by atoms with van der Waals surface area (Å²) in [6, 6.07) is 0. The standard InChI is InChI=1S/C17H30N2S2.ClH/c1-2-3-4-5-6-7-8-9-10-17(20-13-14-21-17)15-19-12-11-18-16-19;/h11-12,16H,2-10,13-15H2,1H3;1H. The van der Waals surface area contributed by atoms with Crippen molar-refractivity contribution < 1.29 is 0 Å². The maximum absolute atomic E-state index is 4.19. The normalized spacial score (nSPS) is 16.6. The average Bonchev–Trinajstić information content (AvgIpc) is 3.15. The van der Waals surface area contributed by atoms with Crippen molar-refractivity contribution in [3.8, 4) is 0 Å². The maximum atomic E-state index is 4.19. The molecule has 1 saturated heterocycles. The summed E-state index contributed by atoms with van der Waals surface area (Å²) in [5.74, 6) is 2.63. The fourth-order valence-corrected chi connectivity index (χ4v) is 6.30. The molecule has 0 aromatic carbocycles. The lowest BCUT2D eigenvalue weighted by atomic mass is 10.1. The van der Waals surface area contributed by atoms with Crippen molar-refractivity contribution in [1.82, 2.24) is 9.55 Å². The van der Waals surface area contributed by atoms with Gasteiger partial charge in [-0.2, -0.15) is 0 Å². The second-order valence-corrected chi connectivity index (χ2v) is 9.28. The van der Waals surface area contributed by atoms with Gasteiger partial charge in [-0.15, -0.1) is 35.9 Å². The van der Waals surface area contributed by atoms with Crippen molar-refractivity contribution >= 4 is 35.9 Å². The van der Waals surface area contributed by atoms with E-state index in [1.165, 1.54) is 69.3 Å². The fourth-order valence-electron chi connectivity index (χ4n) is 3.00. The molecular weight excluding hydrogens is 332 g/mol. The first-order valence-electron chi connectivity index (χ1n) is 8.58. The monoisotopic (exact) mass is 362 g/mol. The lowest BCUT2D eigenvalue weighted by Crippen LogP contribution is -2.24. The summed E-state index contributed by atoms with van der Waals surface area (Å²) in [5, 5.41) is 0. The molecule has 0 aliphatic carbocycles. The summed E-state index contributed by atoms with van der Waals surface area (Å²) in [4.78, 5) is 4.19. The number of aromatic nitrogens is 2. The van der Waals surface area contributed by atoms with E-state index < -0.39 is 0 Å². The van der Waals surface area contributed by atoms with Gasteiger partial charge in [0.05, 0.1) is 10.4 Å². The Labute approximate surface area is 151 Å². The molecule has 0 atom stereocenters. The van der Waals surface area contributed by atoms with Gasteiger partial charge in [-0.05, 0) is 6.42 Å². The van der Waals surface area contributed by atoms with E-state index in [1.807, 2.05) is 12.5 Å². The second kappa shape index (κ2) is 11.7. The number of hydrogen-bond acceptors (Lipinski definition) is 3. The first-order valence-corrected chi connectivity index (χ1v) is 10.6. The van der Waals surface area contributed by atoms with E-state index in [0.29, 0.717) is 4.08 Å². The second-order valence-electron chi connectivity index (χ2n) is 6.07. The van der Waals surface area contributed by atoms with E-state index in [9.17, 15) is 0 Å². The van der Waals surface area contributed by atoms with Crippen molar-refractivity contribution in [3.05, 3.63) is 18.7 Å². The van der Waals surface area contributed by atoms with Gasteiger partial charge in [0, 0.05) is 30.4 Å². The molecule has 1 aliphatic heterocycles. The quantitative estimate of drug-likeness (QED) is 0.449. The van der Waals surface area contributed by atoms with Gasteiger partial charge in [-0.1, -0.05) is 58.3 Å². The van der Waals surface area contributed by atoms with Gasteiger partial charge >= 0.3 is 0 Å². The van der Waals surface area contributed by atoms with Gasteiger partial charge in [-0.3, -0.25) is 0 Å². The molecule has 1 aromatic heterocycles. The number of nitrogens with zero attached hydrogens (tertiary/aromatic N) is 2. The number of rotatable bonds is 11. The molecule has 1 aliphatic rings. The summed E-state index contributed by atoms with van der Waals surface area (Å²) >= 11 is 4.35.